The van der Waals surface area contributed by atoms with Crippen molar-refractivity contribution in [2.24, 2.45) is 0 Å². The summed E-state index contributed by atoms with van der Waals surface area (Å²) in [5, 5.41) is 8.70. The average molecular weight is 204 g/mol. The molecule has 1 rings (SSSR count). The highest BCUT2D eigenvalue weighted by Crippen LogP contribution is 2.34. The highest BCUT2D eigenvalue weighted by Gasteiger charge is 2.36. The Bertz CT molecular complexity index is 289. The van der Waals surface area contributed by atoms with Crippen molar-refractivity contribution in [2.75, 3.05) is 0 Å². The Hall–Kier alpha value is -1.03. The molecule has 0 aliphatic heterocycles. The van der Waals surface area contributed by atoms with Gasteiger partial charge in [-0.25, -0.2) is 0 Å². The Labute approximate surface area is 80.2 Å². The highest BCUT2D eigenvalue weighted by atomic mass is 19.4. The third kappa shape index (κ3) is 2.48. The van der Waals surface area contributed by atoms with Gasteiger partial charge in [0.05, 0.1) is 12.5 Å². The van der Waals surface area contributed by atoms with Crippen LogP contribution in [0.5, 0.6) is 0 Å². The second-order valence-electron chi connectivity index (χ2n) is 3.16. The maximum atomic E-state index is 12.3. The average Bonchev–Trinajstić information content (AvgIpc) is 2.15. The number of hydrogen-bond donors (Lipinski definition) is 1. The first kappa shape index (κ1) is 11.0. The second-order valence-corrected chi connectivity index (χ2v) is 3.16. The number of hydrogen-bond acceptors (Lipinski definition) is 1. The summed E-state index contributed by atoms with van der Waals surface area (Å²) in [6.07, 6.45) is -4.21. The minimum Gasteiger partial charge on any atom is -0.392 e. The molecule has 0 unspecified atom stereocenters. The molecule has 78 valence electrons. The van der Waals surface area contributed by atoms with Gasteiger partial charge in [-0.15, -0.1) is 0 Å². The monoisotopic (exact) mass is 204 g/mol. The SMILES string of the molecule is C[C@H](c1ccc(CO)cc1)C(F)(F)F. The smallest absolute Gasteiger partial charge is 0.392 e. The zero-order chi connectivity index (χ0) is 10.8. The van der Waals surface area contributed by atoms with E-state index >= 15 is 0 Å². The van der Waals surface area contributed by atoms with E-state index in [4.69, 9.17) is 5.11 Å². The zero-order valence-electron chi connectivity index (χ0n) is 7.67. The first-order valence-corrected chi connectivity index (χ1v) is 4.21. The predicted octanol–water partition coefficient (Wildman–Crippen LogP) is 2.84. The molecular formula is C10H11F3O. The molecule has 0 amide bonds. The van der Waals surface area contributed by atoms with Gasteiger partial charge in [-0.1, -0.05) is 24.3 Å². The summed E-state index contributed by atoms with van der Waals surface area (Å²) in [5.74, 6) is -1.46. The van der Waals surface area contributed by atoms with Gasteiger partial charge in [-0.2, -0.15) is 13.2 Å². The Kier molecular flexibility index (Phi) is 3.16. The maximum absolute atomic E-state index is 12.3. The molecule has 0 heterocycles. The van der Waals surface area contributed by atoms with Crippen molar-refractivity contribution in [3.05, 3.63) is 35.4 Å². The van der Waals surface area contributed by atoms with E-state index in [-0.39, 0.29) is 12.2 Å². The number of rotatable bonds is 2. The molecule has 0 aliphatic carbocycles. The Morgan fingerprint density at radius 1 is 1.21 bits per heavy atom. The van der Waals surface area contributed by atoms with Crippen molar-refractivity contribution >= 4 is 0 Å². The molecule has 0 aliphatic rings. The van der Waals surface area contributed by atoms with Crippen LogP contribution in [-0.4, -0.2) is 11.3 Å². The number of benzene rings is 1. The van der Waals surface area contributed by atoms with E-state index < -0.39 is 12.1 Å². The minimum atomic E-state index is -4.21. The molecule has 1 nitrogen and oxygen atoms in total. The first-order chi connectivity index (χ1) is 6.45. The lowest BCUT2D eigenvalue weighted by Gasteiger charge is -2.15. The number of aliphatic hydroxyl groups excluding tert-OH is 1. The molecule has 0 spiro atoms. The summed E-state index contributed by atoms with van der Waals surface area (Å²) in [6.45, 7) is 0.967. The molecule has 0 bridgehead atoms. The van der Waals surface area contributed by atoms with E-state index in [0.717, 1.165) is 6.92 Å². The van der Waals surface area contributed by atoms with Gasteiger partial charge in [-0.3, -0.25) is 0 Å². The van der Waals surface area contributed by atoms with Gasteiger partial charge in [0.2, 0.25) is 0 Å². The number of alkyl halides is 3. The van der Waals surface area contributed by atoms with E-state index in [1.54, 1.807) is 0 Å². The fourth-order valence-electron chi connectivity index (χ4n) is 1.10. The fourth-order valence-corrected chi connectivity index (χ4v) is 1.10. The summed E-state index contributed by atoms with van der Waals surface area (Å²) in [5.41, 5.74) is 0.831. The molecule has 14 heavy (non-hydrogen) atoms. The lowest BCUT2D eigenvalue weighted by atomic mass is 9.99. The van der Waals surface area contributed by atoms with Gasteiger partial charge in [0.15, 0.2) is 0 Å². The van der Waals surface area contributed by atoms with Crippen molar-refractivity contribution in [1.82, 2.24) is 0 Å². The molecule has 0 radical (unpaired) electrons. The van der Waals surface area contributed by atoms with Crippen LogP contribution in [0.3, 0.4) is 0 Å². The molecule has 1 aromatic carbocycles. The molecular weight excluding hydrogens is 193 g/mol. The lowest BCUT2D eigenvalue weighted by Crippen LogP contribution is -2.17. The van der Waals surface area contributed by atoms with Crippen LogP contribution in [-0.2, 0) is 6.61 Å². The van der Waals surface area contributed by atoms with Crippen LogP contribution >= 0.6 is 0 Å². The number of halogens is 3. The Morgan fingerprint density at radius 3 is 2.07 bits per heavy atom. The van der Waals surface area contributed by atoms with Gasteiger partial charge >= 0.3 is 6.18 Å². The maximum Gasteiger partial charge on any atom is 0.395 e. The first-order valence-electron chi connectivity index (χ1n) is 4.21. The number of aliphatic hydroxyl groups is 1. The third-order valence-electron chi connectivity index (χ3n) is 2.15. The molecule has 0 saturated carbocycles. The van der Waals surface area contributed by atoms with Crippen molar-refractivity contribution in [1.29, 1.82) is 0 Å². The molecule has 0 saturated heterocycles. The van der Waals surface area contributed by atoms with Gasteiger partial charge in [0.1, 0.15) is 0 Å². The quantitative estimate of drug-likeness (QED) is 0.785. The van der Waals surface area contributed by atoms with Gasteiger partial charge < -0.3 is 5.11 Å². The van der Waals surface area contributed by atoms with Crippen molar-refractivity contribution in [2.45, 2.75) is 25.6 Å². The van der Waals surface area contributed by atoms with Gasteiger partial charge in [0.25, 0.3) is 0 Å². The van der Waals surface area contributed by atoms with E-state index in [2.05, 4.69) is 0 Å². The van der Waals surface area contributed by atoms with Crippen LogP contribution in [0, 0.1) is 0 Å². The van der Waals surface area contributed by atoms with Crippen LogP contribution in [0.15, 0.2) is 24.3 Å². The summed E-state index contributed by atoms with van der Waals surface area (Å²) >= 11 is 0. The largest absolute Gasteiger partial charge is 0.395 e. The Balaban J connectivity index is 2.87. The van der Waals surface area contributed by atoms with E-state index in [9.17, 15) is 13.2 Å². The van der Waals surface area contributed by atoms with Crippen LogP contribution in [0.1, 0.15) is 24.0 Å². The fraction of sp³-hybridized carbons (Fsp3) is 0.400. The van der Waals surface area contributed by atoms with Crippen LogP contribution in [0.4, 0.5) is 13.2 Å². The minimum absolute atomic E-state index is 0.152. The third-order valence-corrected chi connectivity index (χ3v) is 2.15. The molecule has 1 N–H and O–H groups in total. The topological polar surface area (TPSA) is 20.2 Å². The molecule has 4 heteroatoms. The lowest BCUT2D eigenvalue weighted by molar-refractivity contribution is -0.146. The molecule has 1 atom stereocenters. The zero-order valence-corrected chi connectivity index (χ0v) is 7.67. The summed E-state index contributed by atoms with van der Waals surface area (Å²) in [6, 6.07) is 5.78. The van der Waals surface area contributed by atoms with Crippen LogP contribution < -0.4 is 0 Å². The van der Waals surface area contributed by atoms with Gasteiger partial charge in [0, 0.05) is 0 Å². The van der Waals surface area contributed by atoms with Crippen molar-refractivity contribution < 1.29 is 18.3 Å². The van der Waals surface area contributed by atoms with Crippen molar-refractivity contribution in [3.8, 4) is 0 Å². The predicted molar refractivity (Wildman–Crippen MR) is 46.8 cm³/mol. The standard InChI is InChI=1S/C10H11F3O/c1-7(10(11,12)13)9-4-2-8(6-14)3-5-9/h2-5,7,14H,6H2,1H3/t7-/m1/s1. The second kappa shape index (κ2) is 4.00. The summed E-state index contributed by atoms with van der Waals surface area (Å²) in [4.78, 5) is 0. The summed E-state index contributed by atoms with van der Waals surface area (Å²) in [7, 11) is 0. The van der Waals surface area contributed by atoms with Crippen LogP contribution in [0.25, 0.3) is 0 Å². The van der Waals surface area contributed by atoms with Crippen LogP contribution in [0.2, 0.25) is 0 Å². The van der Waals surface area contributed by atoms with E-state index in [0.29, 0.717) is 5.56 Å². The normalized spacial score (nSPS) is 14.1. The van der Waals surface area contributed by atoms with E-state index in [1.807, 2.05) is 0 Å². The molecule has 1 aromatic rings. The Morgan fingerprint density at radius 2 is 1.71 bits per heavy atom. The van der Waals surface area contributed by atoms with E-state index in [1.165, 1.54) is 24.3 Å². The molecule has 0 fully saturated rings. The highest BCUT2D eigenvalue weighted by molar-refractivity contribution is 5.25. The summed E-state index contributed by atoms with van der Waals surface area (Å²) < 4.78 is 36.8. The van der Waals surface area contributed by atoms with Crippen molar-refractivity contribution in [3.63, 3.8) is 0 Å². The molecule has 0 aromatic heterocycles. The van der Waals surface area contributed by atoms with Gasteiger partial charge in [-0.05, 0) is 18.1 Å².